The van der Waals surface area contributed by atoms with Gasteiger partial charge in [0.15, 0.2) is 0 Å². The van der Waals surface area contributed by atoms with Crippen LogP contribution in [-0.4, -0.2) is 49.1 Å². The maximum Gasteiger partial charge on any atom is 0.148 e. The SMILES string of the molecule is CNC1CCC2NCC(C(C)=O)N2C1. The standard InChI is InChI=1S/C10H19N3O/c1-7(14)9-5-12-10-4-3-8(11-2)6-13(9)10/h8-12H,3-6H2,1-2H3. The minimum absolute atomic E-state index is 0.108. The Morgan fingerprint density at radius 3 is 2.93 bits per heavy atom. The van der Waals surface area contributed by atoms with Gasteiger partial charge in [-0.25, -0.2) is 0 Å². The van der Waals surface area contributed by atoms with Gasteiger partial charge in [0.2, 0.25) is 0 Å². The number of hydrogen-bond acceptors (Lipinski definition) is 4. The van der Waals surface area contributed by atoms with Crippen molar-refractivity contribution in [3.05, 3.63) is 0 Å². The highest BCUT2D eigenvalue weighted by Crippen LogP contribution is 2.22. The predicted molar refractivity (Wildman–Crippen MR) is 55.0 cm³/mol. The molecule has 0 amide bonds. The van der Waals surface area contributed by atoms with Gasteiger partial charge in [-0.1, -0.05) is 0 Å². The second kappa shape index (κ2) is 3.96. The van der Waals surface area contributed by atoms with Crippen molar-refractivity contribution in [1.82, 2.24) is 15.5 Å². The third-order valence-corrected chi connectivity index (χ3v) is 3.44. The van der Waals surface area contributed by atoms with Crippen molar-refractivity contribution >= 4 is 5.78 Å². The van der Waals surface area contributed by atoms with E-state index in [0.29, 0.717) is 12.2 Å². The number of nitrogens with zero attached hydrogens (tertiary/aromatic N) is 1. The topological polar surface area (TPSA) is 44.4 Å². The molecule has 0 aromatic carbocycles. The molecule has 0 aromatic heterocycles. The lowest BCUT2D eigenvalue weighted by atomic mass is 10.0. The Kier molecular flexibility index (Phi) is 2.85. The molecule has 2 aliphatic rings. The highest BCUT2D eigenvalue weighted by atomic mass is 16.1. The third kappa shape index (κ3) is 1.69. The van der Waals surface area contributed by atoms with Crippen LogP contribution >= 0.6 is 0 Å². The van der Waals surface area contributed by atoms with Crippen molar-refractivity contribution in [2.75, 3.05) is 20.1 Å². The van der Waals surface area contributed by atoms with Gasteiger partial charge in [0.25, 0.3) is 0 Å². The van der Waals surface area contributed by atoms with E-state index in [2.05, 4.69) is 15.5 Å². The fraction of sp³-hybridized carbons (Fsp3) is 0.900. The smallest absolute Gasteiger partial charge is 0.148 e. The van der Waals surface area contributed by atoms with Gasteiger partial charge in [0.05, 0.1) is 12.2 Å². The fourth-order valence-electron chi connectivity index (χ4n) is 2.54. The van der Waals surface area contributed by atoms with Crippen LogP contribution in [0, 0.1) is 0 Å². The average Bonchev–Trinajstić information content (AvgIpc) is 2.59. The number of nitrogens with one attached hydrogen (secondary N) is 2. The first-order chi connectivity index (χ1) is 6.72. The summed E-state index contributed by atoms with van der Waals surface area (Å²) < 4.78 is 0. The van der Waals surface area contributed by atoms with Gasteiger partial charge >= 0.3 is 0 Å². The lowest BCUT2D eigenvalue weighted by molar-refractivity contribution is -0.121. The predicted octanol–water partition coefficient (Wildman–Crippen LogP) is -0.443. The van der Waals surface area contributed by atoms with E-state index < -0.39 is 0 Å². The molecule has 2 aliphatic heterocycles. The highest BCUT2D eigenvalue weighted by molar-refractivity contribution is 5.82. The summed E-state index contributed by atoms with van der Waals surface area (Å²) in [6.07, 6.45) is 2.79. The second-order valence-corrected chi connectivity index (χ2v) is 4.31. The van der Waals surface area contributed by atoms with Crippen molar-refractivity contribution in [1.29, 1.82) is 0 Å². The first-order valence-electron chi connectivity index (χ1n) is 5.39. The number of likely N-dealkylation sites (N-methyl/N-ethyl adjacent to an activating group) is 1. The highest BCUT2D eigenvalue weighted by Gasteiger charge is 2.39. The van der Waals surface area contributed by atoms with Gasteiger partial charge in [0, 0.05) is 19.1 Å². The monoisotopic (exact) mass is 197 g/mol. The minimum Gasteiger partial charge on any atom is -0.316 e. The summed E-state index contributed by atoms with van der Waals surface area (Å²) in [4.78, 5) is 13.7. The van der Waals surface area contributed by atoms with Gasteiger partial charge in [-0.3, -0.25) is 15.0 Å². The van der Waals surface area contributed by atoms with Crippen molar-refractivity contribution in [3.8, 4) is 0 Å². The van der Waals surface area contributed by atoms with Crippen molar-refractivity contribution in [2.45, 2.75) is 38.0 Å². The molecule has 0 aliphatic carbocycles. The molecule has 0 saturated carbocycles. The molecule has 14 heavy (non-hydrogen) atoms. The van der Waals surface area contributed by atoms with E-state index in [-0.39, 0.29) is 11.8 Å². The largest absolute Gasteiger partial charge is 0.316 e. The molecule has 2 saturated heterocycles. The molecule has 2 N–H and O–H groups in total. The van der Waals surface area contributed by atoms with Crippen molar-refractivity contribution < 1.29 is 4.79 Å². The van der Waals surface area contributed by atoms with Crippen LogP contribution < -0.4 is 10.6 Å². The molecule has 0 spiro atoms. The van der Waals surface area contributed by atoms with E-state index in [9.17, 15) is 4.79 Å². The Hall–Kier alpha value is -0.450. The summed E-state index contributed by atoms with van der Waals surface area (Å²) in [5.74, 6) is 0.289. The zero-order valence-electron chi connectivity index (χ0n) is 8.92. The van der Waals surface area contributed by atoms with Gasteiger partial charge in [-0.2, -0.15) is 0 Å². The molecule has 3 unspecified atom stereocenters. The summed E-state index contributed by atoms with van der Waals surface area (Å²) in [6, 6.07) is 0.657. The Balaban J connectivity index is 2.03. The number of fused-ring (bicyclic) bond motifs is 1. The molecule has 4 nitrogen and oxygen atoms in total. The number of Topliss-reactive ketones (excluding diaryl/α,β-unsaturated/α-hetero) is 1. The quantitative estimate of drug-likeness (QED) is 0.630. The van der Waals surface area contributed by atoms with Crippen LogP contribution in [0.2, 0.25) is 0 Å². The molecular weight excluding hydrogens is 178 g/mol. The van der Waals surface area contributed by atoms with Crippen LogP contribution in [0.1, 0.15) is 19.8 Å². The molecule has 3 atom stereocenters. The van der Waals surface area contributed by atoms with E-state index in [0.717, 1.165) is 19.5 Å². The third-order valence-electron chi connectivity index (χ3n) is 3.44. The summed E-state index contributed by atoms with van der Waals surface area (Å²) in [6.45, 7) is 3.52. The van der Waals surface area contributed by atoms with E-state index in [4.69, 9.17) is 0 Å². The Morgan fingerprint density at radius 1 is 1.50 bits per heavy atom. The number of rotatable bonds is 2. The van der Waals surface area contributed by atoms with Crippen LogP contribution in [0.5, 0.6) is 0 Å². The lowest BCUT2D eigenvalue weighted by Crippen LogP contribution is -2.52. The van der Waals surface area contributed by atoms with Gasteiger partial charge in [-0.05, 0) is 26.8 Å². The number of hydrogen-bond donors (Lipinski definition) is 2. The molecule has 0 aromatic rings. The van der Waals surface area contributed by atoms with E-state index in [1.807, 2.05) is 7.05 Å². The van der Waals surface area contributed by atoms with E-state index in [1.165, 1.54) is 6.42 Å². The van der Waals surface area contributed by atoms with Crippen LogP contribution in [-0.2, 0) is 4.79 Å². The Bertz CT molecular complexity index is 231. The molecule has 80 valence electrons. The number of ketones is 1. The van der Waals surface area contributed by atoms with E-state index >= 15 is 0 Å². The molecular formula is C10H19N3O. The van der Waals surface area contributed by atoms with Gasteiger partial charge in [-0.15, -0.1) is 0 Å². The zero-order chi connectivity index (χ0) is 10.1. The van der Waals surface area contributed by atoms with Gasteiger partial charge < -0.3 is 5.32 Å². The maximum atomic E-state index is 11.4. The van der Waals surface area contributed by atoms with E-state index in [1.54, 1.807) is 6.92 Å². The van der Waals surface area contributed by atoms with Crippen molar-refractivity contribution in [3.63, 3.8) is 0 Å². The molecule has 2 heterocycles. The molecule has 0 bridgehead atoms. The summed E-state index contributed by atoms with van der Waals surface area (Å²) in [5.41, 5.74) is 0. The Labute approximate surface area is 85.0 Å². The summed E-state index contributed by atoms with van der Waals surface area (Å²) >= 11 is 0. The van der Waals surface area contributed by atoms with Crippen LogP contribution in [0.3, 0.4) is 0 Å². The summed E-state index contributed by atoms with van der Waals surface area (Å²) in [7, 11) is 2.00. The first kappa shape index (κ1) is 10.1. The maximum absolute atomic E-state index is 11.4. The van der Waals surface area contributed by atoms with Crippen LogP contribution in [0.4, 0.5) is 0 Å². The van der Waals surface area contributed by atoms with Crippen LogP contribution in [0.25, 0.3) is 0 Å². The molecule has 4 heteroatoms. The number of carbonyl (C=O) groups is 1. The first-order valence-corrected chi connectivity index (χ1v) is 5.39. The minimum atomic E-state index is 0.108. The number of piperidine rings is 1. The average molecular weight is 197 g/mol. The van der Waals surface area contributed by atoms with Gasteiger partial charge in [0.1, 0.15) is 5.78 Å². The molecule has 0 radical (unpaired) electrons. The fourth-order valence-corrected chi connectivity index (χ4v) is 2.54. The van der Waals surface area contributed by atoms with Crippen molar-refractivity contribution in [2.24, 2.45) is 0 Å². The molecule has 2 fully saturated rings. The zero-order valence-corrected chi connectivity index (χ0v) is 8.92. The molecule has 2 rings (SSSR count). The van der Waals surface area contributed by atoms with Crippen LogP contribution in [0.15, 0.2) is 0 Å². The number of carbonyl (C=O) groups excluding carboxylic acids is 1. The second-order valence-electron chi connectivity index (χ2n) is 4.31. The lowest BCUT2D eigenvalue weighted by Gasteiger charge is -2.36. The normalized spacial score (nSPS) is 38.3. The Morgan fingerprint density at radius 2 is 2.29 bits per heavy atom. The summed E-state index contributed by atoms with van der Waals surface area (Å²) in [5, 5.41) is 6.71.